The third-order valence-electron chi connectivity index (χ3n) is 3.09. The lowest BCUT2D eigenvalue weighted by Gasteiger charge is -2.20. The van der Waals surface area contributed by atoms with Gasteiger partial charge in [0.2, 0.25) is 0 Å². The number of amides is 2. The molecule has 1 aliphatic heterocycles. The number of carbonyl (C=O) groups excluding carboxylic acids is 1. The maximum atomic E-state index is 11.7. The number of hydrogen-bond acceptors (Lipinski definition) is 3. The minimum absolute atomic E-state index is 0.0112. The summed E-state index contributed by atoms with van der Waals surface area (Å²) in [6.07, 6.45) is 2.27. The Morgan fingerprint density at radius 3 is 2.72 bits per heavy atom. The topological polar surface area (TPSA) is 87.7 Å². The Morgan fingerprint density at radius 1 is 1.50 bits per heavy atom. The highest BCUT2D eigenvalue weighted by Crippen LogP contribution is 2.12. The van der Waals surface area contributed by atoms with Crippen LogP contribution in [-0.2, 0) is 9.53 Å². The van der Waals surface area contributed by atoms with Crippen molar-refractivity contribution in [1.82, 2.24) is 10.6 Å². The predicted molar refractivity (Wildman–Crippen MR) is 66.4 cm³/mol. The Labute approximate surface area is 107 Å². The first-order chi connectivity index (χ1) is 8.52. The van der Waals surface area contributed by atoms with E-state index in [1.54, 1.807) is 0 Å². The molecule has 1 fully saturated rings. The molecule has 0 aromatic heterocycles. The summed E-state index contributed by atoms with van der Waals surface area (Å²) in [5.74, 6) is -0.897. The molecule has 3 atom stereocenters. The summed E-state index contributed by atoms with van der Waals surface area (Å²) in [5, 5.41) is 14.3. The van der Waals surface area contributed by atoms with Crippen molar-refractivity contribution < 1.29 is 19.4 Å². The molecule has 0 bridgehead atoms. The van der Waals surface area contributed by atoms with Crippen LogP contribution in [0.25, 0.3) is 0 Å². The molecule has 2 amide bonds. The van der Waals surface area contributed by atoms with E-state index in [9.17, 15) is 9.59 Å². The highest BCUT2D eigenvalue weighted by atomic mass is 16.5. The summed E-state index contributed by atoms with van der Waals surface area (Å²) in [6, 6.07) is -0.612. The predicted octanol–water partition coefficient (Wildman–Crippen LogP) is 1.11. The molecule has 1 aliphatic rings. The van der Waals surface area contributed by atoms with Crippen LogP contribution in [0.2, 0.25) is 0 Å². The van der Waals surface area contributed by atoms with Crippen molar-refractivity contribution in [1.29, 1.82) is 0 Å². The van der Waals surface area contributed by atoms with Gasteiger partial charge in [-0.25, -0.2) is 4.79 Å². The number of rotatable bonds is 6. The number of ether oxygens (including phenoxy) is 1. The Morgan fingerprint density at radius 2 is 2.22 bits per heavy atom. The molecule has 1 rings (SSSR count). The average Bonchev–Trinajstić information content (AvgIpc) is 2.63. The Balaban J connectivity index is 2.37. The van der Waals surface area contributed by atoms with Gasteiger partial charge in [0.25, 0.3) is 0 Å². The molecular weight excluding hydrogens is 236 g/mol. The van der Waals surface area contributed by atoms with Crippen molar-refractivity contribution in [2.45, 2.75) is 57.7 Å². The number of carboxylic acids is 1. The molecule has 104 valence electrons. The van der Waals surface area contributed by atoms with E-state index in [1.165, 1.54) is 0 Å². The highest BCUT2D eigenvalue weighted by Gasteiger charge is 2.26. The van der Waals surface area contributed by atoms with E-state index in [1.807, 2.05) is 13.8 Å². The SMILES string of the molecule is CCCC(CC(=O)O)NC(=O)NC1CCOC1C. The Hall–Kier alpha value is -1.30. The van der Waals surface area contributed by atoms with E-state index in [-0.39, 0.29) is 30.6 Å². The second-order valence-electron chi connectivity index (χ2n) is 4.67. The van der Waals surface area contributed by atoms with E-state index in [0.717, 1.165) is 12.8 Å². The molecule has 6 heteroatoms. The van der Waals surface area contributed by atoms with Gasteiger partial charge < -0.3 is 20.5 Å². The first kappa shape index (κ1) is 14.8. The molecule has 6 nitrogen and oxygen atoms in total. The monoisotopic (exact) mass is 258 g/mol. The molecule has 0 radical (unpaired) electrons. The third kappa shape index (κ3) is 4.91. The normalized spacial score (nSPS) is 24.6. The first-order valence-electron chi connectivity index (χ1n) is 6.43. The van der Waals surface area contributed by atoms with Crippen molar-refractivity contribution in [3.8, 4) is 0 Å². The van der Waals surface area contributed by atoms with Gasteiger partial charge >= 0.3 is 12.0 Å². The number of urea groups is 1. The zero-order valence-electron chi connectivity index (χ0n) is 10.9. The number of nitrogens with one attached hydrogen (secondary N) is 2. The summed E-state index contributed by atoms with van der Waals surface area (Å²) in [5.41, 5.74) is 0. The zero-order chi connectivity index (χ0) is 13.5. The van der Waals surface area contributed by atoms with Gasteiger partial charge in [0.05, 0.1) is 18.6 Å². The molecule has 0 aliphatic carbocycles. The summed E-state index contributed by atoms with van der Waals surface area (Å²) in [7, 11) is 0. The molecular formula is C12H22N2O4. The fourth-order valence-corrected chi connectivity index (χ4v) is 2.10. The number of aliphatic carboxylic acids is 1. The van der Waals surface area contributed by atoms with Crippen LogP contribution in [0, 0.1) is 0 Å². The lowest BCUT2D eigenvalue weighted by Crippen LogP contribution is -2.48. The van der Waals surface area contributed by atoms with Gasteiger partial charge in [-0.1, -0.05) is 13.3 Å². The maximum absolute atomic E-state index is 11.7. The quantitative estimate of drug-likeness (QED) is 0.666. The highest BCUT2D eigenvalue weighted by molar-refractivity contribution is 5.76. The summed E-state index contributed by atoms with van der Waals surface area (Å²) in [4.78, 5) is 22.4. The zero-order valence-corrected chi connectivity index (χ0v) is 10.9. The maximum Gasteiger partial charge on any atom is 0.315 e. The third-order valence-corrected chi connectivity index (χ3v) is 3.09. The number of carbonyl (C=O) groups is 2. The van der Waals surface area contributed by atoms with Crippen LogP contribution in [0.1, 0.15) is 39.5 Å². The van der Waals surface area contributed by atoms with Crippen LogP contribution in [0.4, 0.5) is 4.79 Å². The van der Waals surface area contributed by atoms with Crippen molar-refractivity contribution in [3.63, 3.8) is 0 Å². The van der Waals surface area contributed by atoms with Crippen molar-refractivity contribution in [3.05, 3.63) is 0 Å². The van der Waals surface area contributed by atoms with Crippen LogP contribution in [0.3, 0.4) is 0 Å². The number of hydrogen-bond donors (Lipinski definition) is 3. The van der Waals surface area contributed by atoms with Crippen LogP contribution in [0.15, 0.2) is 0 Å². The van der Waals surface area contributed by atoms with E-state index < -0.39 is 5.97 Å². The fraction of sp³-hybridized carbons (Fsp3) is 0.833. The molecule has 0 spiro atoms. The fourth-order valence-electron chi connectivity index (χ4n) is 2.10. The van der Waals surface area contributed by atoms with E-state index in [2.05, 4.69) is 10.6 Å². The van der Waals surface area contributed by atoms with Gasteiger partial charge in [-0.3, -0.25) is 4.79 Å². The average molecular weight is 258 g/mol. The minimum Gasteiger partial charge on any atom is -0.481 e. The van der Waals surface area contributed by atoms with Crippen molar-refractivity contribution >= 4 is 12.0 Å². The van der Waals surface area contributed by atoms with Gasteiger partial charge in [0.15, 0.2) is 0 Å². The van der Waals surface area contributed by atoms with Gasteiger partial charge in [-0.05, 0) is 19.8 Å². The van der Waals surface area contributed by atoms with E-state index >= 15 is 0 Å². The van der Waals surface area contributed by atoms with Gasteiger partial charge in [-0.2, -0.15) is 0 Å². The van der Waals surface area contributed by atoms with Crippen LogP contribution in [0.5, 0.6) is 0 Å². The van der Waals surface area contributed by atoms with Crippen LogP contribution < -0.4 is 10.6 Å². The summed E-state index contributed by atoms with van der Waals surface area (Å²) in [6.45, 7) is 4.53. The summed E-state index contributed by atoms with van der Waals surface area (Å²) < 4.78 is 5.35. The molecule has 1 saturated heterocycles. The smallest absolute Gasteiger partial charge is 0.315 e. The lowest BCUT2D eigenvalue weighted by molar-refractivity contribution is -0.137. The van der Waals surface area contributed by atoms with Crippen molar-refractivity contribution in [2.24, 2.45) is 0 Å². The molecule has 3 unspecified atom stereocenters. The molecule has 0 aromatic carbocycles. The van der Waals surface area contributed by atoms with Gasteiger partial charge in [-0.15, -0.1) is 0 Å². The minimum atomic E-state index is -0.897. The molecule has 0 saturated carbocycles. The van der Waals surface area contributed by atoms with Gasteiger partial charge in [0, 0.05) is 12.6 Å². The number of carboxylic acid groups (broad SMARTS) is 1. The van der Waals surface area contributed by atoms with Gasteiger partial charge in [0.1, 0.15) is 0 Å². The lowest BCUT2D eigenvalue weighted by atomic mass is 10.1. The van der Waals surface area contributed by atoms with Crippen molar-refractivity contribution in [2.75, 3.05) is 6.61 Å². The Bertz CT molecular complexity index is 296. The molecule has 0 aromatic rings. The largest absolute Gasteiger partial charge is 0.481 e. The first-order valence-corrected chi connectivity index (χ1v) is 6.43. The summed E-state index contributed by atoms with van der Waals surface area (Å²) >= 11 is 0. The standard InChI is InChI=1S/C12H22N2O4/c1-3-4-9(7-11(15)16)13-12(17)14-10-5-6-18-8(10)2/h8-10H,3-7H2,1-2H3,(H,15,16)(H2,13,14,17). The molecule has 3 N–H and O–H groups in total. The second kappa shape index (κ2) is 7.20. The Kier molecular flexibility index (Phi) is 5.91. The van der Waals surface area contributed by atoms with E-state index in [0.29, 0.717) is 13.0 Å². The molecule has 18 heavy (non-hydrogen) atoms. The second-order valence-corrected chi connectivity index (χ2v) is 4.67. The van der Waals surface area contributed by atoms with Crippen LogP contribution >= 0.6 is 0 Å². The molecule has 1 heterocycles. The van der Waals surface area contributed by atoms with E-state index in [4.69, 9.17) is 9.84 Å². The van der Waals surface area contributed by atoms with Crippen LogP contribution in [-0.4, -0.2) is 41.9 Å².